The molecule has 0 spiro atoms. The fourth-order valence-corrected chi connectivity index (χ4v) is 3.43. The number of hydrogen-bond donors (Lipinski definition) is 3. The first kappa shape index (κ1) is 17.0. The Kier molecular flexibility index (Phi) is 5.57. The third-order valence-corrected chi connectivity index (χ3v) is 5.00. The van der Waals surface area contributed by atoms with Crippen LogP contribution in [0.5, 0.6) is 0 Å². The Balaban J connectivity index is 1.85. The van der Waals surface area contributed by atoms with Crippen molar-refractivity contribution in [3.8, 4) is 0 Å². The fraction of sp³-hybridized carbons (Fsp3) is 0.357. The molecule has 0 radical (unpaired) electrons. The molecule has 1 aromatic carbocycles. The molecule has 8 heteroatoms. The average Bonchev–Trinajstić information content (AvgIpc) is 2.90. The molecule has 0 aliphatic heterocycles. The third-order valence-electron chi connectivity index (χ3n) is 3.31. The van der Waals surface area contributed by atoms with Gasteiger partial charge in [-0.2, -0.15) is 5.10 Å². The van der Waals surface area contributed by atoms with Crippen LogP contribution in [0.25, 0.3) is 0 Å². The van der Waals surface area contributed by atoms with E-state index in [1.165, 1.54) is 12.1 Å². The van der Waals surface area contributed by atoms with Gasteiger partial charge in [0.15, 0.2) is 0 Å². The van der Waals surface area contributed by atoms with E-state index in [4.69, 9.17) is 11.6 Å². The molecule has 0 unspecified atom stereocenters. The number of benzene rings is 1. The van der Waals surface area contributed by atoms with E-state index in [-0.39, 0.29) is 17.5 Å². The molecule has 0 saturated carbocycles. The van der Waals surface area contributed by atoms with E-state index in [9.17, 15) is 8.42 Å². The number of sulfonamides is 1. The molecule has 2 aromatic rings. The highest BCUT2D eigenvalue weighted by Crippen LogP contribution is 2.15. The second-order valence-corrected chi connectivity index (χ2v) is 7.18. The molecular formula is C14H19ClN4O2S. The van der Waals surface area contributed by atoms with Crippen LogP contribution in [0.1, 0.15) is 24.2 Å². The van der Waals surface area contributed by atoms with Crippen LogP contribution in [0.4, 0.5) is 0 Å². The van der Waals surface area contributed by atoms with E-state index in [1.807, 2.05) is 13.8 Å². The van der Waals surface area contributed by atoms with Crippen LogP contribution in [-0.2, 0) is 10.0 Å². The van der Waals surface area contributed by atoms with Crippen LogP contribution in [0, 0.1) is 6.92 Å². The Morgan fingerprint density at radius 2 is 2.14 bits per heavy atom. The number of rotatable bonds is 7. The molecule has 120 valence electrons. The summed E-state index contributed by atoms with van der Waals surface area (Å²) in [6, 6.07) is 6.28. The molecule has 2 rings (SSSR count). The normalized spacial score (nSPS) is 13.2. The van der Waals surface area contributed by atoms with Crippen LogP contribution in [0.2, 0.25) is 5.02 Å². The van der Waals surface area contributed by atoms with Crippen LogP contribution in [0.15, 0.2) is 35.4 Å². The van der Waals surface area contributed by atoms with Crippen LogP contribution >= 0.6 is 11.6 Å². The lowest BCUT2D eigenvalue weighted by Gasteiger charge is -2.13. The second-order valence-electron chi connectivity index (χ2n) is 4.98. The lowest BCUT2D eigenvalue weighted by atomic mass is 10.1. The van der Waals surface area contributed by atoms with Gasteiger partial charge in [-0.1, -0.05) is 17.7 Å². The average molecular weight is 343 g/mol. The maximum atomic E-state index is 12.1. The monoisotopic (exact) mass is 342 g/mol. The largest absolute Gasteiger partial charge is 0.309 e. The quantitative estimate of drug-likeness (QED) is 0.672. The van der Waals surface area contributed by atoms with E-state index >= 15 is 0 Å². The SMILES string of the molecule is Cc1[nH]ncc1[C@@H](C)NCCNS(=O)(=O)c1cccc(Cl)c1. The lowest BCUT2D eigenvalue weighted by Crippen LogP contribution is -2.33. The van der Waals surface area contributed by atoms with E-state index in [0.29, 0.717) is 11.6 Å². The van der Waals surface area contributed by atoms with Crippen molar-refractivity contribution < 1.29 is 8.42 Å². The van der Waals surface area contributed by atoms with E-state index < -0.39 is 10.0 Å². The number of aromatic amines is 1. The van der Waals surface area contributed by atoms with Crippen molar-refractivity contribution in [2.75, 3.05) is 13.1 Å². The molecule has 6 nitrogen and oxygen atoms in total. The summed E-state index contributed by atoms with van der Waals surface area (Å²) in [5, 5.41) is 10.5. The minimum atomic E-state index is -3.54. The number of aromatic nitrogens is 2. The highest BCUT2D eigenvalue weighted by molar-refractivity contribution is 7.89. The first-order valence-electron chi connectivity index (χ1n) is 6.88. The van der Waals surface area contributed by atoms with Crippen LogP contribution < -0.4 is 10.0 Å². The Labute approximate surface area is 135 Å². The smallest absolute Gasteiger partial charge is 0.240 e. The zero-order valence-corrected chi connectivity index (χ0v) is 14.0. The van der Waals surface area contributed by atoms with Gasteiger partial charge in [0, 0.05) is 35.4 Å². The zero-order valence-electron chi connectivity index (χ0n) is 12.4. The summed E-state index contributed by atoms with van der Waals surface area (Å²) in [6.45, 7) is 4.74. The maximum Gasteiger partial charge on any atom is 0.240 e. The van der Waals surface area contributed by atoms with Gasteiger partial charge in [0.05, 0.1) is 11.1 Å². The third kappa shape index (κ3) is 4.30. The number of nitrogens with one attached hydrogen (secondary N) is 3. The molecule has 0 aliphatic carbocycles. The van der Waals surface area contributed by atoms with Gasteiger partial charge in [-0.25, -0.2) is 13.1 Å². The van der Waals surface area contributed by atoms with E-state index in [1.54, 1.807) is 18.3 Å². The van der Waals surface area contributed by atoms with Crippen molar-refractivity contribution in [2.45, 2.75) is 24.8 Å². The van der Waals surface area contributed by atoms with Crippen molar-refractivity contribution in [1.82, 2.24) is 20.2 Å². The molecule has 22 heavy (non-hydrogen) atoms. The van der Waals surface area contributed by atoms with Crippen molar-refractivity contribution in [1.29, 1.82) is 0 Å². The molecule has 3 N–H and O–H groups in total. The maximum absolute atomic E-state index is 12.1. The first-order chi connectivity index (χ1) is 10.4. The fourth-order valence-electron chi connectivity index (χ4n) is 2.10. The Morgan fingerprint density at radius 1 is 1.36 bits per heavy atom. The molecular weight excluding hydrogens is 324 g/mol. The minimum Gasteiger partial charge on any atom is -0.309 e. The highest BCUT2D eigenvalue weighted by Gasteiger charge is 2.14. The van der Waals surface area contributed by atoms with Crippen LogP contribution in [0.3, 0.4) is 0 Å². The molecule has 1 heterocycles. The first-order valence-corrected chi connectivity index (χ1v) is 8.75. The van der Waals surface area contributed by atoms with Crippen molar-refractivity contribution in [2.24, 2.45) is 0 Å². The molecule has 0 saturated heterocycles. The zero-order chi connectivity index (χ0) is 16.2. The highest BCUT2D eigenvalue weighted by atomic mass is 35.5. The summed E-state index contributed by atoms with van der Waals surface area (Å²) < 4.78 is 26.7. The Hall–Kier alpha value is -1.41. The van der Waals surface area contributed by atoms with Crippen molar-refractivity contribution in [3.05, 3.63) is 46.7 Å². The van der Waals surface area contributed by atoms with Gasteiger partial charge in [-0.15, -0.1) is 0 Å². The predicted octanol–water partition coefficient (Wildman–Crippen LogP) is 2.00. The Bertz CT molecular complexity index is 730. The lowest BCUT2D eigenvalue weighted by molar-refractivity contribution is 0.552. The summed E-state index contributed by atoms with van der Waals surface area (Å²) in [4.78, 5) is 0.165. The summed E-state index contributed by atoms with van der Waals surface area (Å²) in [5.41, 5.74) is 2.07. The van der Waals surface area contributed by atoms with Gasteiger partial charge in [0.2, 0.25) is 10.0 Å². The molecule has 0 aliphatic rings. The standard InChI is InChI=1S/C14H19ClN4O2S/c1-10(14-9-17-19-11(14)2)16-6-7-18-22(20,21)13-5-3-4-12(15)8-13/h3-5,8-10,16,18H,6-7H2,1-2H3,(H,17,19)/t10-/m1/s1. The van der Waals surface area contributed by atoms with Gasteiger partial charge >= 0.3 is 0 Å². The van der Waals surface area contributed by atoms with Gasteiger partial charge in [-0.05, 0) is 32.0 Å². The van der Waals surface area contributed by atoms with Crippen molar-refractivity contribution >= 4 is 21.6 Å². The number of nitrogens with zero attached hydrogens (tertiary/aromatic N) is 1. The second kappa shape index (κ2) is 7.23. The summed E-state index contributed by atoms with van der Waals surface area (Å²) in [6.07, 6.45) is 1.77. The number of H-pyrrole nitrogens is 1. The topological polar surface area (TPSA) is 86.9 Å². The van der Waals surface area contributed by atoms with Gasteiger partial charge in [0.1, 0.15) is 0 Å². The summed E-state index contributed by atoms with van der Waals surface area (Å²) in [5.74, 6) is 0. The van der Waals surface area contributed by atoms with Gasteiger partial charge in [0.25, 0.3) is 0 Å². The Morgan fingerprint density at radius 3 is 2.77 bits per heavy atom. The van der Waals surface area contributed by atoms with Crippen LogP contribution in [-0.4, -0.2) is 31.7 Å². The van der Waals surface area contributed by atoms with Gasteiger partial charge < -0.3 is 5.32 Å². The number of hydrogen-bond acceptors (Lipinski definition) is 4. The van der Waals surface area contributed by atoms with Crippen molar-refractivity contribution in [3.63, 3.8) is 0 Å². The van der Waals surface area contributed by atoms with Gasteiger partial charge in [-0.3, -0.25) is 5.10 Å². The summed E-state index contributed by atoms with van der Waals surface area (Å²) >= 11 is 5.81. The molecule has 1 atom stereocenters. The summed E-state index contributed by atoms with van der Waals surface area (Å²) in [7, 11) is -3.54. The number of halogens is 1. The van der Waals surface area contributed by atoms with E-state index in [2.05, 4.69) is 20.2 Å². The minimum absolute atomic E-state index is 0.0921. The molecule has 0 fully saturated rings. The predicted molar refractivity (Wildman–Crippen MR) is 86.4 cm³/mol. The van der Waals surface area contributed by atoms with E-state index in [0.717, 1.165) is 11.3 Å². The molecule has 0 amide bonds. The molecule has 0 bridgehead atoms. The molecule has 1 aromatic heterocycles. The number of aryl methyl sites for hydroxylation is 1.